The van der Waals surface area contributed by atoms with Crippen molar-refractivity contribution in [2.75, 3.05) is 0 Å². The SMILES string of the molecule is C=CC(=O)OC(C)(C#N)CC. The van der Waals surface area contributed by atoms with Gasteiger partial charge in [-0.25, -0.2) is 4.79 Å². The van der Waals surface area contributed by atoms with E-state index in [0.717, 1.165) is 6.08 Å². The van der Waals surface area contributed by atoms with Gasteiger partial charge in [0.25, 0.3) is 0 Å². The Morgan fingerprint density at radius 3 is 2.73 bits per heavy atom. The third-order valence-electron chi connectivity index (χ3n) is 1.40. The van der Waals surface area contributed by atoms with E-state index in [9.17, 15) is 4.79 Å². The molecule has 0 saturated heterocycles. The molecule has 60 valence electrons. The topological polar surface area (TPSA) is 50.1 Å². The molecule has 0 bridgehead atoms. The summed E-state index contributed by atoms with van der Waals surface area (Å²) in [4.78, 5) is 10.7. The molecule has 0 rings (SSSR count). The zero-order valence-corrected chi connectivity index (χ0v) is 6.76. The first-order chi connectivity index (χ1) is 5.08. The number of hydrogen-bond donors (Lipinski definition) is 0. The summed E-state index contributed by atoms with van der Waals surface area (Å²) in [6, 6.07) is 1.90. The number of carbonyl (C=O) groups is 1. The number of nitrogens with zero attached hydrogens (tertiary/aromatic N) is 1. The highest BCUT2D eigenvalue weighted by Gasteiger charge is 2.24. The van der Waals surface area contributed by atoms with E-state index in [1.807, 2.05) is 6.07 Å². The molecule has 0 aliphatic rings. The minimum atomic E-state index is -1.01. The Balaban J connectivity index is 4.22. The largest absolute Gasteiger partial charge is 0.441 e. The summed E-state index contributed by atoms with van der Waals surface area (Å²) in [6.45, 7) is 6.57. The number of nitriles is 1. The van der Waals surface area contributed by atoms with Crippen LogP contribution >= 0.6 is 0 Å². The molecule has 0 aliphatic heterocycles. The van der Waals surface area contributed by atoms with Crippen LogP contribution in [0, 0.1) is 11.3 Å². The van der Waals surface area contributed by atoms with Crippen LogP contribution in [0.1, 0.15) is 20.3 Å². The normalized spacial score (nSPS) is 14.3. The van der Waals surface area contributed by atoms with Crippen molar-refractivity contribution in [3.8, 4) is 6.07 Å². The molecule has 0 aromatic heterocycles. The Morgan fingerprint density at radius 1 is 1.91 bits per heavy atom. The van der Waals surface area contributed by atoms with E-state index in [1.54, 1.807) is 13.8 Å². The van der Waals surface area contributed by atoms with E-state index in [-0.39, 0.29) is 0 Å². The van der Waals surface area contributed by atoms with E-state index in [0.29, 0.717) is 6.42 Å². The predicted octanol–water partition coefficient (Wildman–Crippen LogP) is 1.41. The molecule has 0 spiro atoms. The van der Waals surface area contributed by atoms with Crippen molar-refractivity contribution in [2.45, 2.75) is 25.9 Å². The van der Waals surface area contributed by atoms with E-state index < -0.39 is 11.6 Å². The fourth-order valence-electron chi connectivity index (χ4n) is 0.438. The summed E-state index contributed by atoms with van der Waals surface area (Å²) in [6.07, 6.45) is 1.52. The van der Waals surface area contributed by atoms with Crippen LogP contribution in [0.3, 0.4) is 0 Å². The maximum absolute atomic E-state index is 10.7. The average Bonchev–Trinajstić information content (AvgIpc) is 2.04. The minimum absolute atomic E-state index is 0.475. The van der Waals surface area contributed by atoms with Crippen molar-refractivity contribution in [3.63, 3.8) is 0 Å². The third-order valence-corrected chi connectivity index (χ3v) is 1.40. The monoisotopic (exact) mass is 153 g/mol. The zero-order chi connectivity index (χ0) is 8.91. The lowest BCUT2D eigenvalue weighted by atomic mass is 10.1. The molecule has 0 saturated carbocycles. The molecule has 0 heterocycles. The van der Waals surface area contributed by atoms with Crippen LogP contribution in [0.4, 0.5) is 0 Å². The van der Waals surface area contributed by atoms with Gasteiger partial charge in [-0.05, 0) is 13.3 Å². The molecule has 1 unspecified atom stereocenters. The van der Waals surface area contributed by atoms with Gasteiger partial charge in [0.15, 0.2) is 5.60 Å². The number of rotatable bonds is 3. The van der Waals surface area contributed by atoms with Gasteiger partial charge in [0, 0.05) is 6.08 Å². The molecule has 0 aromatic rings. The Kier molecular flexibility index (Phi) is 3.32. The molecule has 1 atom stereocenters. The van der Waals surface area contributed by atoms with Crippen molar-refractivity contribution in [3.05, 3.63) is 12.7 Å². The Bertz CT molecular complexity index is 205. The van der Waals surface area contributed by atoms with Gasteiger partial charge in [-0.3, -0.25) is 0 Å². The molecule has 3 heteroatoms. The zero-order valence-electron chi connectivity index (χ0n) is 6.76. The number of esters is 1. The summed E-state index contributed by atoms with van der Waals surface area (Å²) in [7, 11) is 0. The Hall–Kier alpha value is -1.30. The van der Waals surface area contributed by atoms with E-state index in [2.05, 4.69) is 6.58 Å². The summed E-state index contributed by atoms with van der Waals surface area (Å²) in [5.74, 6) is -0.559. The van der Waals surface area contributed by atoms with Gasteiger partial charge in [-0.15, -0.1) is 0 Å². The maximum Gasteiger partial charge on any atom is 0.331 e. The molecule has 0 aromatic carbocycles. The van der Waals surface area contributed by atoms with Gasteiger partial charge in [-0.1, -0.05) is 13.5 Å². The first-order valence-electron chi connectivity index (χ1n) is 3.34. The van der Waals surface area contributed by atoms with E-state index in [1.165, 1.54) is 0 Å². The smallest absolute Gasteiger partial charge is 0.331 e. The van der Waals surface area contributed by atoms with Gasteiger partial charge in [-0.2, -0.15) is 5.26 Å². The molecule has 0 N–H and O–H groups in total. The number of ether oxygens (including phenoxy) is 1. The van der Waals surface area contributed by atoms with Crippen LogP contribution in [0.25, 0.3) is 0 Å². The van der Waals surface area contributed by atoms with Crippen LogP contribution in [0.5, 0.6) is 0 Å². The second kappa shape index (κ2) is 3.77. The van der Waals surface area contributed by atoms with Crippen LogP contribution in [-0.4, -0.2) is 11.6 Å². The van der Waals surface area contributed by atoms with Crippen LogP contribution in [0.2, 0.25) is 0 Å². The second-order valence-electron chi connectivity index (χ2n) is 2.32. The lowest BCUT2D eigenvalue weighted by Crippen LogP contribution is -2.28. The molecular weight excluding hydrogens is 142 g/mol. The number of carbonyl (C=O) groups excluding carboxylic acids is 1. The first-order valence-corrected chi connectivity index (χ1v) is 3.34. The Morgan fingerprint density at radius 2 is 2.45 bits per heavy atom. The van der Waals surface area contributed by atoms with Gasteiger partial charge in [0.05, 0.1) is 0 Å². The van der Waals surface area contributed by atoms with E-state index in [4.69, 9.17) is 10.00 Å². The standard InChI is InChI=1S/C8H11NO2/c1-4-7(10)11-8(3,5-2)6-9/h4H,1,5H2,2-3H3. The van der Waals surface area contributed by atoms with Gasteiger partial charge < -0.3 is 4.74 Å². The molecule has 0 radical (unpaired) electrons. The fourth-order valence-corrected chi connectivity index (χ4v) is 0.438. The van der Waals surface area contributed by atoms with Crippen molar-refractivity contribution in [1.82, 2.24) is 0 Å². The fraction of sp³-hybridized carbons (Fsp3) is 0.500. The lowest BCUT2D eigenvalue weighted by molar-refractivity contribution is -0.147. The summed E-state index contributed by atoms with van der Waals surface area (Å²) in [5, 5.41) is 8.57. The summed E-state index contributed by atoms with van der Waals surface area (Å²) in [5.41, 5.74) is -1.01. The summed E-state index contributed by atoms with van der Waals surface area (Å²) >= 11 is 0. The number of hydrogen-bond acceptors (Lipinski definition) is 3. The first kappa shape index (κ1) is 9.70. The molecule has 11 heavy (non-hydrogen) atoms. The van der Waals surface area contributed by atoms with Crippen molar-refractivity contribution in [2.24, 2.45) is 0 Å². The molecule has 0 amide bonds. The summed E-state index contributed by atoms with van der Waals surface area (Å²) < 4.78 is 4.77. The Labute approximate surface area is 66.3 Å². The molecular formula is C8H11NO2. The highest BCUT2D eigenvalue weighted by molar-refractivity contribution is 5.81. The molecule has 0 fully saturated rings. The highest BCUT2D eigenvalue weighted by Crippen LogP contribution is 2.13. The molecule has 3 nitrogen and oxygen atoms in total. The highest BCUT2D eigenvalue weighted by atomic mass is 16.6. The van der Waals surface area contributed by atoms with Crippen molar-refractivity contribution in [1.29, 1.82) is 5.26 Å². The maximum atomic E-state index is 10.7. The quantitative estimate of drug-likeness (QED) is 0.455. The molecule has 0 aliphatic carbocycles. The van der Waals surface area contributed by atoms with Gasteiger partial charge in [0.1, 0.15) is 6.07 Å². The second-order valence-corrected chi connectivity index (χ2v) is 2.32. The van der Waals surface area contributed by atoms with Gasteiger partial charge >= 0.3 is 5.97 Å². The van der Waals surface area contributed by atoms with Crippen molar-refractivity contribution < 1.29 is 9.53 Å². The minimum Gasteiger partial charge on any atom is -0.441 e. The third kappa shape index (κ3) is 2.85. The average molecular weight is 153 g/mol. The van der Waals surface area contributed by atoms with Crippen LogP contribution in [-0.2, 0) is 9.53 Å². The van der Waals surface area contributed by atoms with Crippen LogP contribution in [0.15, 0.2) is 12.7 Å². The van der Waals surface area contributed by atoms with E-state index >= 15 is 0 Å². The van der Waals surface area contributed by atoms with Gasteiger partial charge in [0.2, 0.25) is 0 Å². The predicted molar refractivity (Wildman–Crippen MR) is 40.6 cm³/mol. The lowest BCUT2D eigenvalue weighted by Gasteiger charge is -2.18. The van der Waals surface area contributed by atoms with Crippen molar-refractivity contribution >= 4 is 5.97 Å². The van der Waals surface area contributed by atoms with Crippen LogP contribution < -0.4 is 0 Å².